The summed E-state index contributed by atoms with van der Waals surface area (Å²) in [6.45, 7) is 3.93. The average Bonchev–Trinajstić information content (AvgIpc) is 2.71. The quantitative estimate of drug-likeness (QED) is 0.790. The Labute approximate surface area is 183 Å². The fourth-order valence-electron chi connectivity index (χ4n) is 4.33. The molecule has 0 bridgehead atoms. The van der Waals surface area contributed by atoms with Gasteiger partial charge in [0.25, 0.3) is 0 Å². The summed E-state index contributed by atoms with van der Waals surface area (Å²) in [7, 11) is -2.19. The molecule has 164 valence electrons. The molecular formula is C23H27N3O4S. The van der Waals surface area contributed by atoms with Gasteiger partial charge in [-0.1, -0.05) is 24.6 Å². The van der Waals surface area contributed by atoms with E-state index in [2.05, 4.69) is 4.72 Å². The minimum atomic E-state index is -3.57. The Morgan fingerprint density at radius 1 is 1.03 bits per heavy atom. The van der Waals surface area contributed by atoms with E-state index < -0.39 is 10.0 Å². The summed E-state index contributed by atoms with van der Waals surface area (Å²) in [6.07, 6.45) is 2.87. The van der Waals surface area contributed by atoms with Crippen molar-refractivity contribution in [3.63, 3.8) is 0 Å². The molecule has 0 radical (unpaired) electrons. The number of nitrogens with one attached hydrogen (secondary N) is 1. The summed E-state index contributed by atoms with van der Waals surface area (Å²) in [5.41, 5.74) is 2.92. The zero-order valence-corrected chi connectivity index (χ0v) is 18.8. The first-order chi connectivity index (χ1) is 14.7. The third kappa shape index (κ3) is 3.85. The standard InChI is InChI=1S/C23H27N3O4S/c1-15-14-25(23(28)17-6-4-7-17)22-13-19(10-11-21(22)26(15)16(2)27)18-8-5-9-20(12-18)31(29,30)24-3/h5,8-13,15,17,24H,4,6-7,14H2,1-3H3/t15-/m0/s1. The Morgan fingerprint density at radius 3 is 2.35 bits per heavy atom. The maximum absolute atomic E-state index is 13.2. The Morgan fingerprint density at radius 2 is 1.74 bits per heavy atom. The first-order valence-electron chi connectivity index (χ1n) is 10.5. The van der Waals surface area contributed by atoms with Crippen molar-refractivity contribution < 1.29 is 18.0 Å². The van der Waals surface area contributed by atoms with Crippen LogP contribution >= 0.6 is 0 Å². The monoisotopic (exact) mass is 441 g/mol. The van der Waals surface area contributed by atoms with E-state index in [0.717, 1.165) is 30.4 Å². The highest BCUT2D eigenvalue weighted by molar-refractivity contribution is 7.89. The van der Waals surface area contributed by atoms with E-state index in [1.54, 1.807) is 28.0 Å². The van der Waals surface area contributed by atoms with Crippen molar-refractivity contribution in [3.05, 3.63) is 42.5 Å². The molecule has 8 heteroatoms. The van der Waals surface area contributed by atoms with Crippen molar-refractivity contribution in [2.75, 3.05) is 23.4 Å². The second kappa shape index (κ2) is 8.09. The van der Waals surface area contributed by atoms with Gasteiger partial charge in [0.05, 0.1) is 22.3 Å². The predicted octanol–water partition coefficient (Wildman–Crippen LogP) is 3.15. The van der Waals surface area contributed by atoms with E-state index in [9.17, 15) is 18.0 Å². The molecule has 1 N–H and O–H groups in total. The Balaban J connectivity index is 1.81. The van der Waals surface area contributed by atoms with Gasteiger partial charge in [0.2, 0.25) is 21.8 Å². The van der Waals surface area contributed by atoms with Crippen molar-refractivity contribution in [3.8, 4) is 11.1 Å². The lowest BCUT2D eigenvalue weighted by molar-refractivity contribution is -0.125. The number of hydrogen-bond donors (Lipinski definition) is 1. The van der Waals surface area contributed by atoms with Crippen LogP contribution in [0.25, 0.3) is 11.1 Å². The van der Waals surface area contributed by atoms with Gasteiger partial charge in [0.15, 0.2) is 0 Å². The number of anilines is 2. The molecular weight excluding hydrogens is 414 g/mol. The van der Waals surface area contributed by atoms with E-state index in [4.69, 9.17) is 0 Å². The third-order valence-electron chi connectivity index (χ3n) is 6.22. The fraction of sp³-hybridized carbons (Fsp3) is 0.391. The highest BCUT2D eigenvalue weighted by atomic mass is 32.2. The van der Waals surface area contributed by atoms with Crippen molar-refractivity contribution in [2.45, 2.75) is 44.0 Å². The average molecular weight is 442 g/mol. The lowest BCUT2D eigenvalue weighted by atomic mass is 9.84. The summed E-state index contributed by atoms with van der Waals surface area (Å²) in [5.74, 6) is 0.0715. The van der Waals surface area contributed by atoms with E-state index in [-0.39, 0.29) is 28.7 Å². The minimum Gasteiger partial charge on any atom is -0.308 e. The SMILES string of the molecule is CNS(=O)(=O)c1cccc(-c2ccc3c(c2)N(C(=O)C2CCC2)C[C@H](C)N3C(C)=O)c1. The molecule has 1 aliphatic heterocycles. The molecule has 4 rings (SSSR count). The molecule has 1 heterocycles. The van der Waals surface area contributed by atoms with Gasteiger partial charge in [-0.3, -0.25) is 9.59 Å². The van der Waals surface area contributed by atoms with Crippen molar-refractivity contribution >= 4 is 33.2 Å². The van der Waals surface area contributed by atoms with E-state index in [0.29, 0.717) is 17.9 Å². The molecule has 7 nitrogen and oxygen atoms in total. The predicted molar refractivity (Wildman–Crippen MR) is 120 cm³/mol. The van der Waals surface area contributed by atoms with Gasteiger partial charge in [-0.25, -0.2) is 13.1 Å². The zero-order valence-electron chi connectivity index (χ0n) is 18.0. The lowest BCUT2D eigenvalue weighted by Crippen LogP contribution is -2.53. The van der Waals surface area contributed by atoms with Gasteiger partial charge in [-0.2, -0.15) is 0 Å². The second-order valence-electron chi connectivity index (χ2n) is 8.25. The van der Waals surface area contributed by atoms with Gasteiger partial charge in [-0.15, -0.1) is 0 Å². The first kappa shape index (κ1) is 21.5. The molecule has 0 saturated heterocycles. The molecule has 1 saturated carbocycles. The maximum Gasteiger partial charge on any atom is 0.240 e. The number of carbonyl (C=O) groups is 2. The molecule has 0 aromatic heterocycles. The second-order valence-corrected chi connectivity index (χ2v) is 10.1. The van der Waals surface area contributed by atoms with E-state index in [1.807, 2.05) is 31.2 Å². The molecule has 1 atom stereocenters. The number of sulfonamides is 1. The van der Waals surface area contributed by atoms with Gasteiger partial charge in [0.1, 0.15) is 0 Å². The van der Waals surface area contributed by atoms with Crippen LogP contribution in [0.5, 0.6) is 0 Å². The molecule has 0 unspecified atom stereocenters. The number of hydrogen-bond acceptors (Lipinski definition) is 4. The van der Waals surface area contributed by atoms with Crippen LogP contribution in [0.15, 0.2) is 47.4 Å². The van der Waals surface area contributed by atoms with Crippen LogP contribution < -0.4 is 14.5 Å². The Bertz CT molecular complexity index is 1140. The number of rotatable bonds is 4. The largest absolute Gasteiger partial charge is 0.308 e. The summed E-state index contributed by atoms with van der Waals surface area (Å²) >= 11 is 0. The van der Waals surface area contributed by atoms with Crippen molar-refractivity contribution in [2.24, 2.45) is 5.92 Å². The van der Waals surface area contributed by atoms with Crippen LogP contribution in [-0.4, -0.2) is 39.9 Å². The number of amides is 2. The highest BCUT2D eigenvalue weighted by Crippen LogP contribution is 2.41. The van der Waals surface area contributed by atoms with E-state index in [1.165, 1.54) is 14.0 Å². The summed E-state index contributed by atoms with van der Waals surface area (Å²) < 4.78 is 26.8. The van der Waals surface area contributed by atoms with Gasteiger partial charge in [-0.05, 0) is 62.2 Å². The van der Waals surface area contributed by atoms with Crippen LogP contribution in [0.2, 0.25) is 0 Å². The van der Waals surface area contributed by atoms with Gasteiger partial charge in [0, 0.05) is 19.4 Å². The fourth-order valence-corrected chi connectivity index (χ4v) is 5.11. The van der Waals surface area contributed by atoms with Crippen molar-refractivity contribution in [1.29, 1.82) is 0 Å². The molecule has 1 fully saturated rings. The number of fused-ring (bicyclic) bond motifs is 1. The summed E-state index contributed by atoms with van der Waals surface area (Å²) in [6, 6.07) is 12.2. The molecule has 31 heavy (non-hydrogen) atoms. The van der Waals surface area contributed by atoms with Crippen LogP contribution in [0.4, 0.5) is 11.4 Å². The molecule has 2 aromatic rings. The zero-order chi connectivity index (χ0) is 22.3. The molecule has 2 amide bonds. The van der Waals surface area contributed by atoms with E-state index >= 15 is 0 Å². The van der Waals surface area contributed by atoms with Gasteiger partial charge < -0.3 is 9.80 Å². The maximum atomic E-state index is 13.2. The third-order valence-corrected chi connectivity index (χ3v) is 7.63. The molecule has 0 spiro atoms. The molecule has 2 aromatic carbocycles. The van der Waals surface area contributed by atoms with Crippen LogP contribution in [0.1, 0.15) is 33.1 Å². The molecule has 2 aliphatic rings. The van der Waals surface area contributed by atoms with Crippen LogP contribution in [0, 0.1) is 5.92 Å². The Kier molecular flexibility index (Phi) is 5.61. The smallest absolute Gasteiger partial charge is 0.240 e. The topological polar surface area (TPSA) is 86.8 Å². The summed E-state index contributed by atoms with van der Waals surface area (Å²) in [4.78, 5) is 29.2. The van der Waals surface area contributed by atoms with Crippen LogP contribution in [-0.2, 0) is 19.6 Å². The normalized spacial score (nSPS) is 19.0. The summed E-state index contributed by atoms with van der Waals surface area (Å²) in [5, 5.41) is 0. The number of carbonyl (C=O) groups excluding carboxylic acids is 2. The highest BCUT2D eigenvalue weighted by Gasteiger charge is 2.37. The Hall–Kier alpha value is -2.71. The minimum absolute atomic E-state index is 0.0386. The number of nitrogens with zero attached hydrogens (tertiary/aromatic N) is 2. The van der Waals surface area contributed by atoms with Crippen LogP contribution in [0.3, 0.4) is 0 Å². The first-order valence-corrected chi connectivity index (χ1v) is 12.0. The number of benzene rings is 2. The lowest BCUT2D eigenvalue weighted by Gasteiger charge is -2.43. The van der Waals surface area contributed by atoms with Crippen molar-refractivity contribution in [1.82, 2.24) is 4.72 Å². The molecule has 1 aliphatic carbocycles. The van der Waals surface area contributed by atoms with Gasteiger partial charge >= 0.3 is 0 Å².